The summed E-state index contributed by atoms with van der Waals surface area (Å²) in [5.74, 6) is 1.21. The minimum Gasteiger partial charge on any atom is -0.347 e. The molecule has 8 heteroatoms. The van der Waals surface area contributed by atoms with E-state index in [2.05, 4.69) is 25.4 Å². The summed E-state index contributed by atoms with van der Waals surface area (Å²) < 4.78 is 2.08. The Morgan fingerprint density at radius 1 is 1.22 bits per heavy atom. The molecule has 0 unspecified atom stereocenters. The summed E-state index contributed by atoms with van der Waals surface area (Å²) in [5, 5.41) is 13.6. The summed E-state index contributed by atoms with van der Waals surface area (Å²) in [4.78, 5) is 23.6. The molecule has 0 spiro atoms. The van der Waals surface area contributed by atoms with Gasteiger partial charge in [-0.15, -0.1) is 10.2 Å². The van der Waals surface area contributed by atoms with Crippen molar-refractivity contribution in [3.8, 4) is 0 Å². The van der Waals surface area contributed by atoms with Crippen LogP contribution in [0.5, 0.6) is 0 Å². The second-order valence-electron chi connectivity index (χ2n) is 6.26. The lowest BCUT2D eigenvalue weighted by Gasteiger charge is -2.15. The first kappa shape index (κ1) is 17.4. The topological polar surface area (TPSA) is 115 Å². The van der Waals surface area contributed by atoms with Crippen molar-refractivity contribution < 1.29 is 9.59 Å². The highest BCUT2D eigenvalue weighted by Gasteiger charge is 2.18. The van der Waals surface area contributed by atoms with Crippen LogP contribution in [0.3, 0.4) is 0 Å². The van der Waals surface area contributed by atoms with Crippen LogP contribution in [0.2, 0.25) is 0 Å². The molecule has 128 valence electrons. The van der Waals surface area contributed by atoms with Crippen LogP contribution in [0, 0.1) is 5.92 Å². The Hall–Kier alpha value is -1.96. The Balaban J connectivity index is 1.79. The zero-order valence-electron chi connectivity index (χ0n) is 13.8. The van der Waals surface area contributed by atoms with Crippen molar-refractivity contribution in [2.75, 3.05) is 6.54 Å². The quantitative estimate of drug-likeness (QED) is 0.666. The highest BCUT2D eigenvalue weighted by Crippen LogP contribution is 2.14. The van der Waals surface area contributed by atoms with E-state index in [-0.39, 0.29) is 24.3 Å². The van der Waals surface area contributed by atoms with Crippen LogP contribution in [0.4, 0.5) is 0 Å². The molecule has 8 nitrogen and oxygen atoms in total. The van der Waals surface area contributed by atoms with E-state index < -0.39 is 6.04 Å². The van der Waals surface area contributed by atoms with Crippen molar-refractivity contribution in [2.45, 2.75) is 58.7 Å². The van der Waals surface area contributed by atoms with Crippen LogP contribution in [-0.2, 0) is 29.1 Å². The van der Waals surface area contributed by atoms with Crippen molar-refractivity contribution in [3.05, 3.63) is 11.6 Å². The molecule has 2 rings (SSSR count). The summed E-state index contributed by atoms with van der Waals surface area (Å²) in [6.45, 7) is 4.86. The molecule has 1 aromatic rings. The Bertz CT molecular complexity index is 554. The number of carbonyl (C=O) groups excluding carboxylic acids is 2. The van der Waals surface area contributed by atoms with E-state index in [4.69, 9.17) is 5.73 Å². The van der Waals surface area contributed by atoms with Gasteiger partial charge in [0.2, 0.25) is 11.8 Å². The van der Waals surface area contributed by atoms with Crippen molar-refractivity contribution in [1.29, 1.82) is 0 Å². The van der Waals surface area contributed by atoms with E-state index >= 15 is 0 Å². The number of hydrogen-bond acceptors (Lipinski definition) is 5. The first-order valence-electron chi connectivity index (χ1n) is 8.20. The van der Waals surface area contributed by atoms with Crippen LogP contribution in [0.25, 0.3) is 0 Å². The molecule has 0 radical (unpaired) electrons. The molecular weight excluding hydrogens is 296 g/mol. The molecule has 1 aromatic heterocycles. The minimum atomic E-state index is -0.602. The molecule has 0 aromatic carbocycles. The molecule has 0 aliphatic carbocycles. The Kier molecular flexibility index (Phi) is 6.09. The number of rotatable bonds is 6. The van der Waals surface area contributed by atoms with E-state index in [9.17, 15) is 9.59 Å². The molecule has 23 heavy (non-hydrogen) atoms. The van der Waals surface area contributed by atoms with Gasteiger partial charge in [-0.2, -0.15) is 0 Å². The first-order chi connectivity index (χ1) is 11.0. The maximum Gasteiger partial charge on any atom is 0.239 e. The predicted octanol–water partition coefficient (Wildman–Crippen LogP) is -0.280. The zero-order valence-corrected chi connectivity index (χ0v) is 13.8. The standard InChI is InChI=1S/C15H26N6O2/c1-10(2)14(16)15(23)18-9-13(22)17-8-12-20-19-11-6-4-3-5-7-21(11)12/h10,14H,3-9,16H2,1-2H3,(H,17,22)(H,18,23)/t14-/m0/s1. The van der Waals surface area contributed by atoms with Crippen LogP contribution in [0.1, 0.15) is 44.8 Å². The molecule has 0 fully saturated rings. The van der Waals surface area contributed by atoms with Gasteiger partial charge in [0.15, 0.2) is 5.82 Å². The maximum absolute atomic E-state index is 11.8. The zero-order chi connectivity index (χ0) is 16.8. The number of amides is 2. The molecule has 2 heterocycles. The Labute approximate surface area is 136 Å². The van der Waals surface area contributed by atoms with Crippen molar-refractivity contribution in [2.24, 2.45) is 11.7 Å². The highest BCUT2D eigenvalue weighted by molar-refractivity contribution is 5.87. The fraction of sp³-hybridized carbons (Fsp3) is 0.733. The Morgan fingerprint density at radius 3 is 2.74 bits per heavy atom. The van der Waals surface area contributed by atoms with E-state index in [1.807, 2.05) is 13.8 Å². The van der Waals surface area contributed by atoms with Crippen molar-refractivity contribution >= 4 is 11.8 Å². The molecule has 4 N–H and O–H groups in total. The lowest BCUT2D eigenvalue weighted by Crippen LogP contribution is -2.47. The molecule has 0 saturated carbocycles. The number of nitrogens with two attached hydrogens (primary N) is 1. The molecule has 1 atom stereocenters. The van der Waals surface area contributed by atoms with Crippen molar-refractivity contribution in [3.63, 3.8) is 0 Å². The monoisotopic (exact) mass is 322 g/mol. The van der Waals surface area contributed by atoms with Gasteiger partial charge in [-0.3, -0.25) is 9.59 Å². The summed E-state index contributed by atoms with van der Waals surface area (Å²) >= 11 is 0. The third-order valence-electron chi connectivity index (χ3n) is 4.07. The van der Waals surface area contributed by atoms with Crippen molar-refractivity contribution in [1.82, 2.24) is 25.4 Å². The predicted molar refractivity (Wildman–Crippen MR) is 85.2 cm³/mol. The number of nitrogens with zero attached hydrogens (tertiary/aromatic N) is 3. The molecule has 0 bridgehead atoms. The van der Waals surface area contributed by atoms with Crippen LogP contribution in [-0.4, -0.2) is 39.2 Å². The Morgan fingerprint density at radius 2 is 2.00 bits per heavy atom. The maximum atomic E-state index is 11.8. The van der Waals surface area contributed by atoms with Gasteiger partial charge in [0, 0.05) is 13.0 Å². The number of fused-ring (bicyclic) bond motifs is 1. The second-order valence-corrected chi connectivity index (χ2v) is 6.26. The number of aromatic nitrogens is 3. The molecule has 2 amide bonds. The van der Waals surface area contributed by atoms with Crippen LogP contribution < -0.4 is 16.4 Å². The lowest BCUT2D eigenvalue weighted by atomic mass is 10.1. The minimum absolute atomic E-state index is 0.0320. The summed E-state index contributed by atoms with van der Waals surface area (Å²) in [7, 11) is 0. The van der Waals surface area contributed by atoms with Gasteiger partial charge in [-0.1, -0.05) is 20.3 Å². The van der Waals surface area contributed by atoms with Gasteiger partial charge >= 0.3 is 0 Å². The van der Waals surface area contributed by atoms with E-state index in [1.165, 1.54) is 6.42 Å². The second kappa shape index (κ2) is 8.05. The molecule has 0 saturated heterocycles. The smallest absolute Gasteiger partial charge is 0.239 e. The van der Waals surface area contributed by atoms with E-state index in [1.54, 1.807) is 0 Å². The number of aryl methyl sites for hydroxylation is 1. The number of carbonyl (C=O) groups is 2. The van der Waals surface area contributed by atoms with Gasteiger partial charge in [0.25, 0.3) is 0 Å². The van der Waals surface area contributed by atoms with E-state index in [0.717, 1.165) is 37.5 Å². The lowest BCUT2D eigenvalue weighted by molar-refractivity contribution is -0.127. The van der Waals surface area contributed by atoms with Gasteiger partial charge < -0.3 is 20.9 Å². The van der Waals surface area contributed by atoms with Gasteiger partial charge in [-0.25, -0.2) is 0 Å². The first-order valence-corrected chi connectivity index (χ1v) is 8.20. The average Bonchev–Trinajstić information content (AvgIpc) is 2.76. The summed E-state index contributed by atoms with van der Waals surface area (Å²) in [6.07, 6.45) is 4.36. The number of nitrogens with one attached hydrogen (secondary N) is 2. The SMILES string of the molecule is CC(C)[C@H](N)C(=O)NCC(=O)NCc1nnc2n1CCCCC2. The fourth-order valence-corrected chi connectivity index (χ4v) is 2.50. The third-order valence-corrected chi connectivity index (χ3v) is 4.07. The summed E-state index contributed by atoms with van der Waals surface area (Å²) in [5.41, 5.74) is 5.72. The van der Waals surface area contributed by atoms with Gasteiger partial charge in [0.1, 0.15) is 5.82 Å². The third kappa shape index (κ3) is 4.75. The van der Waals surface area contributed by atoms with Gasteiger partial charge in [0.05, 0.1) is 19.1 Å². The number of hydrogen-bond donors (Lipinski definition) is 3. The summed E-state index contributed by atoms with van der Waals surface area (Å²) in [6, 6.07) is -0.602. The fourth-order valence-electron chi connectivity index (χ4n) is 2.50. The molecule has 1 aliphatic rings. The largest absolute Gasteiger partial charge is 0.347 e. The molecular formula is C15H26N6O2. The van der Waals surface area contributed by atoms with Crippen LogP contribution in [0.15, 0.2) is 0 Å². The average molecular weight is 322 g/mol. The van der Waals surface area contributed by atoms with Crippen LogP contribution >= 0.6 is 0 Å². The van der Waals surface area contributed by atoms with E-state index in [0.29, 0.717) is 6.54 Å². The normalized spacial score (nSPS) is 15.7. The highest BCUT2D eigenvalue weighted by atomic mass is 16.2. The van der Waals surface area contributed by atoms with Gasteiger partial charge in [-0.05, 0) is 18.8 Å². The molecule has 1 aliphatic heterocycles.